The Balaban J connectivity index is 2.53. The molecule has 0 aromatic heterocycles. The number of methoxy groups -OCH3 is 3. The highest BCUT2D eigenvalue weighted by atomic mass is 32.2. The molecule has 210 valence electrons. The van der Waals surface area contributed by atoms with Crippen molar-refractivity contribution in [3.63, 3.8) is 0 Å². The van der Waals surface area contributed by atoms with Gasteiger partial charge in [0.15, 0.2) is 0 Å². The summed E-state index contributed by atoms with van der Waals surface area (Å²) in [5.74, 6) is 0.628. The number of amides is 2. The second-order valence-corrected chi connectivity index (χ2v) is 11.2. The molecule has 0 aliphatic carbocycles. The third kappa shape index (κ3) is 8.27. The van der Waals surface area contributed by atoms with Gasteiger partial charge in [-0.2, -0.15) is 0 Å². The first-order valence-corrected chi connectivity index (χ1v) is 14.2. The summed E-state index contributed by atoms with van der Waals surface area (Å²) in [6, 6.07) is 11.0. The number of hydrogen-bond acceptors (Lipinski definition) is 7. The molecular weight excluding hydrogens is 510 g/mol. The van der Waals surface area contributed by atoms with Crippen molar-refractivity contribution in [2.45, 2.75) is 39.8 Å². The summed E-state index contributed by atoms with van der Waals surface area (Å²) < 4.78 is 42.8. The number of ether oxygens (including phenoxy) is 3. The van der Waals surface area contributed by atoms with E-state index in [2.05, 4.69) is 5.32 Å². The van der Waals surface area contributed by atoms with Crippen LogP contribution >= 0.6 is 0 Å². The minimum atomic E-state index is -3.93. The average molecular weight is 550 g/mol. The van der Waals surface area contributed by atoms with E-state index in [-0.39, 0.29) is 29.8 Å². The molecule has 2 rings (SSSR count). The molecule has 0 heterocycles. The number of anilines is 1. The lowest BCUT2D eigenvalue weighted by Gasteiger charge is -2.33. The maximum atomic E-state index is 13.9. The Kier molecular flexibility index (Phi) is 11.2. The molecule has 0 saturated carbocycles. The van der Waals surface area contributed by atoms with Crippen LogP contribution in [-0.4, -0.2) is 71.8 Å². The topological polar surface area (TPSA) is 114 Å². The Morgan fingerprint density at radius 1 is 0.974 bits per heavy atom. The Morgan fingerprint density at radius 3 is 2.18 bits per heavy atom. The zero-order valence-corrected chi connectivity index (χ0v) is 24.0. The number of benzene rings is 2. The van der Waals surface area contributed by atoms with Gasteiger partial charge in [0.25, 0.3) is 0 Å². The maximum Gasteiger partial charge on any atom is 0.244 e. The summed E-state index contributed by atoms with van der Waals surface area (Å²) in [7, 11) is 0.480. The SMILES string of the molecule is CCC(C(=O)NCC(C)C)N(Cc1cccc(OC)c1)C(=O)CN(c1cc(OC)ccc1OC)S(C)(=O)=O. The van der Waals surface area contributed by atoms with Gasteiger partial charge in [0.05, 0.1) is 33.3 Å². The van der Waals surface area contributed by atoms with Crippen molar-refractivity contribution in [3.8, 4) is 17.2 Å². The fourth-order valence-corrected chi connectivity index (χ4v) is 4.74. The van der Waals surface area contributed by atoms with Gasteiger partial charge in [-0.3, -0.25) is 13.9 Å². The highest BCUT2D eigenvalue weighted by Crippen LogP contribution is 2.34. The highest BCUT2D eigenvalue weighted by Gasteiger charge is 2.32. The van der Waals surface area contributed by atoms with E-state index in [4.69, 9.17) is 14.2 Å². The molecule has 0 radical (unpaired) electrons. The molecule has 10 nitrogen and oxygen atoms in total. The van der Waals surface area contributed by atoms with Crippen LogP contribution in [0.1, 0.15) is 32.8 Å². The molecule has 0 spiro atoms. The van der Waals surface area contributed by atoms with Crippen LogP contribution in [0.15, 0.2) is 42.5 Å². The van der Waals surface area contributed by atoms with E-state index in [9.17, 15) is 18.0 Å². The van der Waals surface area contributed by atoms with Gasteiger partial charge in [0.2, 0.25) is 21.8 Å². The van der Waals surface area contributed by atoms with E-state index in [0.29, 0.717) is 24.5 Å². The molecular formula is C27H39N3O7S. The third-order valence-electron chi connectivity index (χ3n) is 5.89. The van der Waals surface area contributed by atoms with Crippen LogP contribution < -0.4 is 23.8 Å². The van der Waals surface area contributed by atoms with Gasteiger partial charge < -0.3 is 24.4 Å². The van der Waals surface area contributed by atoms with Crippen molar-refractivity contribution in [3.05, 3.63) is 48.0 Å². The fourth-order valence-electron chi connectivity index (χ4n) is 3.90. The Labute approximate surface area is 225 Å². The minimum Gasteiger partial charge on any atom is -0.497 e. The summed E-state index contributed by atoms with van der Waals surface area (Å²) in [5, 5.41) is 2.90. The maximum absolute atomic E-state index is 13.9. The lowest BCUT2D eigenvalue weighted by Crippen LogP contribution is -2.52. The van der Waals surface area contributed by atoms with Crippen molar-refractivity contribution < 1.29 is 32.2 Å². The summed E-state index contributed by atoms with van der Waals surface area (Å²) in [6.45, 7) is 5.76. The smallest absolute Gasteiger partial charge is 0.244 e. The molecule has 1 N–H and O–H groups in total. The van der Waals surface area contributed by atoms with Crippen LogP contribution in [-0.2, 0) is 26.2 Å². The van der Waals surface area contributed by atoms with E-state index >= 15 is 0 Å². The number of sulfonamides is 1. The molecule has 2 aromatic carbocycles. The molecule has 2 aromatic rings. The Morgan fingerprint density at radius 2 is 1.63 bits per heavy atom. The van der Waals surface area contributed by atoms with Gasteiger partial charge in [-0.15, -0.1) is 0 Å². The van der Waals surface area contributed by atoms with Crippen LogP contribution in [0.3, 0.4) is 0 Å². The first-order chi connectivity index (χ1) is 17.9. The normalized spacial score (nSPS) is 12.0. The summed E-state index contributed by atoms with van der Waals surface area (Å²) in [6.07, 6.45) is 1.35. The fraction of sp³-hybridized carbons (Fsp3) is 0.481. The number of carbonyl (C=O) groups is 2. The van der Waals surface area contributed by atoms with E-state index in [0.717, 1.165) is 16.1 Å². The lowest BCUT2D eigenvalue weighted by atomic mass is 10.1. The second-order valence-electron chi connectivity index (χ2n) is 9.24. The molecule has 0 aliphatic heterocycles. The Hall–Kier alpha value is -3.47. The van der Waals surface area contributed by atoms with E-state index in [1.54, 1.807) is 37.4 Å². The summed E-state index contributed by atoms with van der Waals surface area (Å²) >= 11 is 0. The van der Waals surface area contributed by atoms with Crippen LogP contribution in [0.2, 0.25) is 0 Å². The number of rotatable bonds is 14. The predicted molar refractivity (Wildman–Crippen MR) is 147 cm³/mol. The zero-order valence-electron chi connectivity index (χ0n) is 23.2. The average Bonchev–Trinajstić information content (AvgIpc) is 2.89. The van der Waals surface area contributed by atoms with Crippen LogP contribution in [0.4, 0.5) is 5.69 Å². The van der Waals surface area contributed by atoms with Crippen molar-refractivity contribution in [1.29, 1.82) is 0 Å². The summed E-state index contributed by atoms with van der Waals surface area (Å²) in [5.41, 5.74) is 0.888. The number of carbonyl (C=O) groups excluding carboxylic acids is 2. The van der Waals surface area contributed by atoms with E-state index in [1.165, 1.54) is 25.2 Å². The molecule has 0 saturated heterocycles. The summed E-state index contributed by atoms with van der Waals surface area (Å²) in [4.78, 5) is 28.5. The first kappa shape index (κ1) is 30.8. The molecule has 0 fully saturated rings. The van der Waals surface area contributed by atoms with Crippen molar-refractivity contribution in [1.82, 2.24) is 10.2 Å². The second kappa shape index (κ2) is 13.9. The first-order valence-electron chi connectivity index (χ1n) is 12.3. The zero-order chi connectivity index (χ0) is 28.5. The van der Waals surface area contributed by atoms with Gasteiger partial charge >= 0.3 is 0 Å². The van der Waals surface area contributed by atoms with Gasteiger partial charge in [-0.05, 0) is 42.2 Å². The van der Waals surface area contributed by atoms with Crippen molar-refractivity contribution in [2.75, 3.05) is 45.0 Å². The van der Waals surface area contributed by atoms with Gasteiger partial charge in [0, 0.05) is 19.2 Å². The van der Waals surface area contributed by atoms with Crippen LogP contribution in [0, 0.1) is 5.92 Å². The highest BCUT2D eigenvalue weighted by molar-refractivity contribution is 7.92. The molecule has 0 aliphatic rings. The monoisotopic (exact) mass is 549 g/mol. The predicted octanol–water partition coefficient (Wildman–Crippen LogP) is 3.06. The third-order valence-corrected chi connectivity index (χ3v) is 7.02. The number of hydrogen-bond donors (Lipinski definition) is 1. The molecule has 38 heavy (non-hydrogen) atoms. The molecule has 1 atom stereocenters. The van der Waals surface area contributed by atoms with Crippen molar-refractivity contribution >= 4 is 27.5 Å². The van der Waals surface area contributed by atoms with E-state index in [1.807, 2.05) is 26.8 Å². The molecule has 11 heteroatoms. The van der Waals surface area contributed by atoms with Crippen LogP contribution in [0.25, 0.3) is 0 Å². The van der Waals surface area contributed by atoms with Crippen LogP contribution in [0.5, 0.6) is 17.2 Å². The van der Waals surface area contributed by atoms with Gasteiger partial charge in [0.1, 0.15) is 29.8 Å². The lowest BCUT2D eigenvalue weighted by molar-refractivity contribution is -0.140. The molecule has 0 bridgehead atoms. The minimum absolute atomic E-state index is 0.0798. The quantitative estimate of drug-likeness (QED) is 0.385. The van der Waals surface area contributed by atoms with E-state index < -0.39 is 28.5 Å². The largest absolute Gasteiger partial charge is 0.497 e. The van der Waals surface area contributed by atoms with Crippen molar-refractivity contribution in [2.24, 2.45) is 5.92 Å². The standard InChI is InChI=1S/C27H39N3O7S/c1-8-23(27(32)28-16-19(2)3)29(17-20-10-9-11-21(14-20)35-4)26(31)18-30(38(7,33)34)24-15-22(36-5)12-13-25(24)37-6/h9-15,19,23H,8,16-18H2,1-7H3,(H,28,32). The number of nitrogens with one attached hydrogen (secondary N) is 1. The molecule has 1 unspecified atom stereocenters. The van der Waals surface area contributed by atoms with Gasteiger partial charge in [-0.25, -0.2) is 8.42 Å². The Bertz CT molecular complexity index is 1200. The number of nitrogens with zero attached hydrogens (tertiary/aromatic N) is 2. The molecule has 2 amide bonds. The van der Waals surface area contributed by atoms with Gasteiger partial charge in [-0.1, -0.05) is 32.9 Å².